The number of rotatable bonds is 1. The van der Waals surface area contributed by atoms with Gasteiger partial charge in [-0.15, -0.1) is 0 Å². The molecule has 0 radical (unpaired) electrons. The highest BCUT2D eigenvalue weighted by molar-refractivity contribution is 6.06. The molecule has 2 aromatic rings. The van der Waals surface area contributed by atoms with E-state index in [1.54, 1.807) is 30.3 Å². The van der Waals surface area contributed by atoms with Gasteiger partial charge >= 0.3 is 6.43 Å². The van der Waals surface area contributed by atoms with Gasteiger partial charge in [-0.1, -0.05) is 30.3 Å². The van der Waals surface area contributed by atoms with Crippen LogP contribution >= 0.6 is 0 Å². The topological polar surface area (TPSA) is 46.5 Å². The zero-order chi connectivity index (χ0) is 13.6. The fraction of sp³-hybridized carbons (Fsp3) is 0.214. The molecule has 0 aliphatic carbocycles. The number of benzene rings is 2. The fourth-order valence-electron chi connectivity index (χ4n) is 2.23. The van der Waals surface area contributed by atoms with E-state index in [2.05, 4.69) is 0 Å². The molecule has 2 aromatic carbocycles. The van der Waals surface area contributed by atoms with Gasteiger partial charge < -0.3 is 9.84 Å². The fourth-order valence-corrected chi connectivity index (χ4v) is 2.23. The van der Waals surface area contributed by atoms with Crippen LogP contribution < -0.4 is 4.74 Å². The number of hydrogen-bond donors (Lipinski definition) is 1. The van der Waals surface area contributed by atoms with Gasteiger partial charge in [0.05, 0.1) is 12.0 Å². The highest BCUT2D eigenvalue weighted by Crippen LogP contribution is 2.39. The minimum absolute atomic E-state index is 0.0251. The maximum Gasteiger partial charge on any atom is 0.302 e. The van der Waals surface area contributed by atoms with Crippen molar-refractivity contribution in [2.24, 2.45) is 0 Å². The molecule has 5 heteroatoms. The van der Waals surface area contributed by atoms with E-state index in [9.17, 15) is 18.7 Å². The summed E-state index contributed by atoms with van der Waals surface area (Å²) < 4.78 is 30.7. The molecule has 98 valence electrons. The number of carbonyl (C=O) groups excluding carboxylic acids is 1. The number of alkyl halides is 2. The van der Waals surface area contributed by atoms with Gasteiger partial charge in [-0.3, -0.25) is 4.79 Å². The molecular formula is C14H10F2O3. The van der Waals surface area contributed by atoms with Gasteiger partial charge in [-0.25, -0.2) is 8.78 Å². The van der Waals surface area contributed by atoms with Gasteiger partial charge in [0.15, 0.2) is 5.78 Å². The second-order valence-corrected chi connectivity index (χ2v) is 4.51. The molecule has 0 aromatic heterocycles. The Morgan fingerprint density at radius 2 is 1.95 bits per heavy atom. The van der Waals surface area contributed by atoms with Crippen LogP contribution in [0.2, 0.25) is 0 Å². The summed E-state index contributed by atoms with van der Waals surface area (Å²) >= 11 is 0. The van der Waals surface area contributed by atoms with Crippen molar-refractivity contribution in [2.75, 3.05) is 0 Å². The summed E-state index contributed by atoms with van der Waals surface area (Å²) in [7, 11) is 0. The number of ketones is 1. The number of ether oxygens (including phenoxy) is 1. The molecule has 0 amide bonds. The first kappa shape index (κ1) is 12.0. The third-order valence-electron chi connectivity index (χ3n) is 3.21. The maximum atomic E-state index is 12.8. The van der Waals surface area contributed by atoms with E-state index in [0.717, 1.165) is 5.39 Å². The van der Waals surface area contributed by atoms with Gasteiger partial charge in [0.25, 0.3) is 5.79 Å². The minimum Gasteiger partial charge on any atom is -0.454 e. The minimum atomic E-state index is -3.15. The van der Waals surface area contributed by atoms with Crippen molar-refractivity contribution < 1.29 is 23.4 Å². The molecule has 3 nitrogen and oxygen atoms in total. The third kappa shape index (κ3) is 1.77. The predicted molar refractivity (Wildman–Crippen MR) is 64.5 cm³/mol. The lowest BCUT2D eigenvalue weighted by Crippen LogP contribution is -2.48. The molecule has 0 saturated heterocycles. The van der Waals surface area contributed by atoms with Crippen LogP contribution in [0.25, 0.3) is 10.8 Å². The second-order valence-electron chi connectivity index (χ2n) is 4.51. The average molecular weight is 264 g/mol. The van der Waals surface area contributed by atoms with Crippen molar-refractivity contribution in [1.29, 1.82) is 0 Å². The van der Waals surface area contributed by atoms with E-state index in [0.29, 0.717) is 5.39 Å². The summed E-state index contributed by atoms with van der Waals surface area (Å²) in [5.74, 6) is -3.26. The van der Waals surface area contributed by atoms with Crippen molar-refractivity contribution in [1.82, 2.24) is 0 Å². The Kier molecular flexibility index (Phi) is 2.53. The zero-order valence-corrected chi connectivity index (χ0v) is 9.77. The summed E-state index contributed by atoms with van der Waals surface area (Å²) in [4.78, 5) is 11.9. The van der Waals surface area contributed by atoms with Crippen LogP contribution in [0.4, 0.5) is 8.78 Å². The molecule has 0 spiro atoms. The first-order chi connectivity index (χ1) is 9.01. The normalized spacial score (nSPS) is 22.4. The molecule has 1 unspecified atom stereocenters. The highest BCUT2D eigenvalue weighted by atomic mass is 19.3. The summed E-state index contributed by atoms with van der Waals surface area (Å²) in [6, 6.07) is 10.2. The molecule has 1 heterocycles. The summed E-state index contributed by atoms with van der Waals surface area (Å²) in [6.45, 7) is 0. The second kappa shape index (κ2) is 3.99. The number of fused-ring (bicyclic) bond motifs is 3. The molecule has 1 aliphatic heterocycles. The van der Waals surface area contributed by atoms with Crippen LogP contribution in [0.1, 0.15) is 16.8 Å². The lowest BCUT2D eigenvalue weighted by Gasteiger charge is -2.32. The van der Waals surface area contributed by atoms with Gasteiger partial charge in [0, 0.05) is 5.39 Å². The quantitative estimate of drug-likeness (QED) is 0.861. The molecule has 0 fully saturated rings. The van der Waals surface area contributed by atoms with Crippen LogP contribution in [0, 0.1) is 0 Å². The van der Waals surface area contributed by atoms with Crippen molar-refractivity contribution in [2.45, 2.75) is 18.6 Å². The first-order valence-electron chi connectivity index (χ1n) is 5.76. The average Bonchev–Trinajstić information content (AvgIpc) is 2.38. The Balaban J connectivity index is 2.24. The SMILES string of the molecule is O=C1CC(O)(C(F)F)Oc2c1ccc1ccccc21. The Labute approximate surface area is 107 Å². The number of hydrogen-bond acceptors (Lipinski definition) is 3. The molecule has 1 N–H and O–H groups in total. The Bertz CT molecular complexity index is 669. The number of Topliss-reactive ketones (excluding diaryl/α,β-unsaturated/α-hetero) is 1. The van der Waals surface area contributed by atoms with Crippen LogP contribution in [0.5, 0.6) is 5.75 Å². The highest BCUT2D eigenvalue weighted by Gasteiger charge is 2.47. The van der Waals surface area contributed by atoms with E-state index in [1.807, 2.05) is 0 Å². The molecule has 1 atom stereocenters. The van der Waals surface area contributed by atoms with Crippen molar-refractivity contribution in [3.63, 3.8) is 0 Å². The number of halogens is 2. The van der Waals surface area contributed by atoms with E-state index in [4.69, 9.17) is 4.74 Å². The Hall–Kier alpha value is -2.01. The lowest BCUT2D eigenvalue weighted by molar-refractivity contribution is -0.219. The molecule has 0 bridgehead atoms. The first-order valence-corrected chi connectivity index (χ1v) is 5.76. The molecule has 0 saturated carbocycles. The van der Waals surface area contributed by atoms with Crippen LogP contribution in [0.15, 0.2) is 36.4 Å². The van der Waals surface area contributed by atoms with Crippen molar-refractivity contribution in [3.05, 3.63) is 42.0 Å². The van der Waals surface area contributed by atoms with Crippen LogP contribution in [-0.4, -0.2) is 23.1 Å². The standard InChI is InChI=1S/C14H10F2O3/c15-13(16)14(18)7-11(17)10-6-5-8-3-1-2-4-9(8)12(10)19-14/h1-6,13,18H,7H2. The Morgan fingerprint density at radius 1 is 1.21 bits per heavy atom. The van der Waals surface area contributed by atoms with Gasteiger partial charge in [-0.05, 0) is 11.5 Å². The summed E-state index contributed by atoms with van der Waals surface area (Å²) in [5.41, 5.74) is 0.226. The molecule has 3 rings (SSSR count). The van der Waals surface area contributed by atoms with E-state index in [1.165, 1.54) is 6.07 Å². The number of carbonyl (C=O) groups is 1. The predicted octanol–water partition coefficient (Wildman–Crippen LogP) is 2.76. The molecular weight excluding hydrogens is 254 g/mol. The van der Waals surface area contributed by atoms with E-state index < -0.39 is 24.4 Å². The Morgan fingerprint density at radius 3 is 2.68 bits per heavy atom. The molecule has 19 heavy (non-hydrogen) atoms. The smallest absolute Gasteiger partial charge is 0.302 e. The van der Waals surface area contributed by atoms with Crippen molar-refractivity contribution in [3.8, 4) is 5.75 Å². The van der Waals surface area contributed by atoms with Gasteiger partial charge in [0.1, 0.15) is 5.75 Å². The third-order valence-corrected chi connectivity index (χ3v) is 3.21. The largest absolute Gasteiger partial charge is 0.454 e. The summed E-state index contributed by atoms with van der Waals surface area (Å²) in [5, 5.41) is 11.0. The van der Waals surface area contributed by atoms with Crippen LogP contribution in [-0.2, 0) is 0 Å². The van der Waals surface area contributed by atoms with Gasteiger partial charge in [0.2, 0.25) is 0 Å². The molecule has 1 aliphatic rings. The van der Waals surface area contributed by atoms with Crippen LogP contribution in [0.3, 0.4) is 0 Å². The lowest BCUT2D eigenvalue weighted by atomic mass is 9.95. The maximum absolute atomic E-state index is 12.8. The zero-order valence-electron chi connectivity index (χ0n) is 9.77. The monoisotopic (exact) mass is 264 g/mol. The summed E-state index contributed by atoms with van der Waals surface area (Å²) in [6.07, 6.45) is -3.89. The number of aliphatic hydroxyl groups is 1. The van der Waals surface area contributed by atoms with Crippen molar-refractivity contribution >= 4 is 16.6 Å². The van der Waals surface area contributed by atoms with Gasteiger partial charge in [-0.2, -0.15) is 0 Å². The van der Waals surface area contributed by atoms with E-state index >= 15 is 0 Å². The van der Waals surface area contributed by atoms with E-state index in [-0.39, 0.29) is 11.3 Å².